The predicted octanol–water partition coefficient (Wildman–Crippen LogP) is 1.71. The Kier molecular flexibility index (Phi) is 2.99. The summed E-state index contributed by atoms with van der Waals surface area (Å²) in [7, 11) is 1.40. The van der Waals surface area contributed by atoms with Crippen LogP contribution in [-0.4, -0.2) is 31.3 Å². The lowest BCUT2D eigenvalue weighted by Gasteiger charge is -2.36. The Bertz CT molecular complexity index is 396. The quantitative estimate of drug-likeness (QED) is 0.756. The predicted molar refractivity (Wildman–Crippen MR) is 60.7 cm³/mol. The number of methoxy groups -OCH3 is 1. The Balaban J connectivity index is 2.30. The van der Waals surface area contributed by atoms with Gasteiger partial charge in [-0.1, -0.05) is 13.8 Å². The fraction of sp³-hybridized carbons (Fsp3) is 0.636. The van der Waals surface area contributed by atoms with Crippen LogP contribution in [0.1, 0.15) is 30.5 Å². The van der Waals surface area contributed by atoms with E-state index >= 15 is 0 Å². The van der Waals surface area contributed by atoms with E-state index in [4.69, 9.17) is 9.47 Å². The first-order chi connectivity index (χ1) is 7.60. The normalized spacial score (nSPS) is 18.2. The van der Waals surface area contributed by atoms with Crippen LogP contribution in [-0.2, 0) is 19.7 Å². The van der Waals surface area contributed by atoms with Crippen LogP contribution in [0.3, 0.4) is 0 Å². The van der Waals surface area contributed by atoms with Gasteiger partial charge < -0.3 is 9.47 Å². The molecule has 0 saturated carbocycles. The molecule has 0 bridgehead atoms. The van der Waals surface area contributed by atoms with Gasteiger partial charge in [-0.2, -0.15) is 0 Å². The van der Waals surface area contributed by atoms with Gasteiger partial charge in [0.15, 0.2) is 5.41 Å². The monoisotopic (exact) mass is 241 g/mol. The molecule has 1 saturated heterocycles. The van der Waals surface area contributed by atoms with Gasteiger partial charge in [0, 0.05) is 11.3 Å². The SMILES string of the molecule is COC(=O)C1(c2csc(C(C)C)n2)COC1. The summed E-state index contributed by atoms with van der Waals surface area (Å²) in [4.78, 5) is 16.3. The third kappa shape index (κ3) is 1.64. The molecule has 1 aromatic heterocycles. The van der Waals surface area contributed by atoms with Crippen LogP contribution in [0.4, 0.5) is 0 Å². The number of esters is 1. The molecular formula is C11H15NO3S. The highest BCUT2D eigenvalue weighted by atomic mass is 32.1. The summed E-state index contributed by atoms with van der Waals surface area (Å²) in [6.45, 7) is 4.93. The van der Waals surface area contributed by atoms with Crippen molar-refractivity contribution in [2.45, 2.75) is 25.2 Å². The third-order valence-electron chi connectivity index (χ3n) is 2.78. The molecule has 0 amide bonds. The van der Waals surface area contributed by atoms with Crippen molar-refractivity contribution < 1.29 is 14.3 Å². The smallest absolute Gasteiger partial charge is 0.322 e. The first-order valence-electron chi connectivity index (χ1n) is 5.22. The van der Waals surface area contributed by atoms with Gasteiger partial charge in [0.2, 0.25) is 0 Å². The van der Waals surface area contributed by atoms with Crippen LogP contribution >= 0.6 is 11.3 Å². The molecule has 0 unspecified atom stereocenters. The number of nitrogens with zero attached hydrogens (tertiary/aromatic N) is 1. The molecule has 0 aliphatic carbocycles. The largest absolute Gasteiger partial charge is 0.468 e. The fourth-order valence-electron chi connectivity index (χ4n) is 1.64. The first-order valence-corrected chi connectivity index (χ1v) is 6.10. The Morgan fingerprint density at radius 3 is 2.69 bits per heavy atom. The average molecular weight is 241 g/mol. The van der Waals surface area contributed by atoms with Crippen LogP contribution in [0.25, 0.3) is 0 Å². The van der Waals surface area contributed by atoms with Crippen molar-refractivity contribution in [2.24, 2.45) is 0 Å². The van der Waals surface area contributed by atoms with Crippen LogP contribution in [0.5, 0.6) is 0 Å². The van der Waals surface area contributed by atoms with Gasteiger partial charge in [0.1, 0.15) is 0 Å². The molecule has 4 nitrogen and oxygen atoms in total. The van der Waals surface area contributed by atoms with Crippen LogP contribution in [0.2, 0.25) is 0 Å². The van der Waals surface area contributed by atoms with Gasteiger partial charge >= 0.3 is 5.97 Å². The first kappa shape index (κ1) is 11.5. The van der Waals surface area contributed by atoms with Crippen molar-refractivity contribution in [2.75, 3.05) is 20.3 Å². The van der Waals surface area contributed by atoms with Gasteiger partial charge in [-0.25, -0.2) is 4.98 Å². The van der Waals surface area contributed by atoms with Crippen LogP contribution in [0.15, 0.2) is 5.38 Å². The minimum Gasteiger partial charge on any atom is -0.468 e. The van der Waals surface area contributed by atoms with Gasteiger partial charge in [-0.15, -0.1) is 11.3 Å². The molecule has 0 radical (unpaired) electrons. The highest BCUT2D eigenvalue weighted by molar-refractivity contribution is 7.09. The van der Waals surface area contributed by atoms with Gasteiger partial charge in [-0.05, 0) is 0 Å². The van der Waals surface area contributed by atoms with Crippen molar-refractivity contribution in [3.05, 3.63) is 16.1 Å². The second-order valence-electron chi connectivity index (χ2n) is 4.29. The standard InChI is InChI=1S/C11H15NO3S/c1-7(2)9-12-8(4-16-9)11(5-15-6-11)10(13)14-3/h4,7H,5-6H2,1-3H3. The van der Waals surface area contributed by atoms with Gasteiger partial charge in [0.05, 0.1) is 31.0 Å². The molecule has 1 fully saturated rings. The fourth-order valence-corrected chi connectivity index (χ4v) is 2.58. The van der Waals surface area contributed by atoms with Crippen molar-refractivity contribution in [1.29, 1.82) is 0 Å². The van der Waals surface area contributed by atoms with E-state index in [0.29, 0.717) is 19.1 Å². The number of carbonyl (C=O) groups excluding carboxylic acids is 1. The molecule has 5 heteroatoms. The molecule has 0 aromatic carbocycles. The van der Waals surface area contributed by atoms with E-state index < -0.39 is 5.41 Å². The van der Waals surface area contributed by atoms with E-state index in [1.54, 1.807) is 11.3 Å². The van der Waals surface area contributed by atoms with E-state index in [9.17, 15) is 4.79 Å². The van der Waals surface area contributed by atoms with Crippen LogP contribution in [0, 0.1) is 0 Å². The molecule has 2 rings (SSSR count). The lowest BCUT2D eigenvalue weighted by molar-refractivity contribution is -0.167. The van der Waals surface area contributed by atoms with E-state index in [-0.39, 0.29) is 5.97 Å². The Hall–Kier alpha value is -0.940. The van der Waals surface area contributed by atoms with E-state index in [1.165, 1.54) is 7.11 Å². The lowest BCUT2D eigenvalue weighted by Crippen LogP contribution is -2.53. The summed E-state index contributed by atoms with van der Waals surface area (Å²) < 4.78 is 9.98. The second-order valence-corrected chi connectivity index (χ2v) is 5.18. The van der Waals surface area contributed by atoms with E-state index in [1.807, 2.05) is 5.38 Å². The molecule has 0 atom stereocenters. The lowest BCUT2D eigenvalue weighted by atomic mass is 9.83. The van der Waals surface area contributed by atoms with Crippen molar-refractivity contribution in [1.82, 2.24) is 4.98 Å². The minimum absolute atomic E-state index is 0.251. The molecule has 1 aliphatic heterocycles. The molecule has 16 heavy (non-hydrogen) atoms. The maximum Gasteiger partial charge on any atom is 0.322 e. The summed E-state index contributed by atoms with van der Waals surface area (Å²) in [6, 6.07) is 0. The number of ether oxygens (including phenoxy) is 2. The third-order valence-corrected chi connectivity index (χ3v) is 3.92. The number of thiazole rings is 1. The highest BCUT2D eigenvalue weighted by Crippen LogP contribution is 2.35. The Morgan fingerprint density at radius 1 is 1.62 bits per heavy atom. The van der Waals surface area contributed by atoms with Crippen molar-refractivity contribution in [3.8, 4) is 0 Å². The molecule has 1 aliphatic rings. The number of hydrogen-bond donors (Lipinski definition) is 0. The van der Waals surface area contributed by atoms with Crippen LogP contribution < -0.4 is 0 Å². The summed E-state index contributed by atoms with van der Waals surface area (Å²) >= 11 is 1.59. The number of rotatable bonds is 3. The summed E-state index contributed by atoms with van der Waals surface area (Å²) in [5, 5.41) is 2.99. The van der Waals surface area contributed by atoms with E-state index in [0.717, 1.165) is 10.7 Å². The minimum atomic E-state index is -0.654. The van der Waals surface area contributed by atoms with Gasteiger partial charge in [-0.3, -0.25) is 4.79 Å². The second kappa shape index (κ2) is 4.14. The van der Waals surface area contributed by atoms with Crippen molar-refractivity contribution in [3.63, 3.8) is 0 Å². The zero-order chi connectivity index (χ0) is 11.8. The topological polar surface area (TPSA) is 48.4 Å². The van der Waals surface area contributed by atoms with Crippen molar-refractivity contribution >= 4 is 17.3 Å². The van der Waals surface area contributed by atoms with Gasteiger partial charge in [0.25, 0.3) is 0 Å². The zero-order valence-corrected chi connectivity index (χ0v) is 10.5. The van der Waals surface area contributed by atoms with E-state index in [2.05, 4.69) is 18.8 Å². The Labute approximate surface area is 98.6 Å². The average Bonchev–Trinajstić information content (AvgIpc) is 2.65. The number of hydrogen-bond acceptors (Lipinski definition) is 5. The molecule has 88 valence electrons. The zero-order valence-electron chi connectivity index (χ0n) is 9.65. The highest BCUT2D eigenvalue weighted by Gasteiger charge is 2.50. The molecule has 0 spiro atoms. The molecule has 1 aromatic rings. The number of aromatic nitrogens is 1. The maximum absolute atomic E-state index is 11.8. The summed E-state index contributed by atoms with van der Waals surface area (Å²) in [6.07, 6.45) is 0. The molecule has 2 heterocycles. The molecular weight excluding hydrogens is 226 g/mol. The Morgan fingerprint density at radius 2 is 2.31 bits per heavy atom. The number of carbonyl (C=O) groups is 1. The summed E-state index contributed by atoms with van der Waals surface area (Å²) in [5.74, 6) is 0.133. The summed E-state index contributed by atoms with van der Waals surface area (Å²) in [5.41, 5.74) is 0.137. The maximum atomic E-state index is 11.8. The molecule has 0 N–H and O–H groups in total.